The van der Waals surface area contributed by atoms with Crippen LogP contribution in [0.15, 0.2) is 65.6 Å². The van der Waals surface area contributed by atoms with Crippen molar-refractivity contribution >= 4 is 16.9 Å². The molecule has 0 saturated carbocycles. The Balaban J connectivity index is 1.68. The maximum atomic E-state index is 11.5. The number of Topliss-reactive ketones (excluding diaryl/α,β-unsaturated/α-hetero) is 1. The van der Waals surface area contributed by atoms with Crippen molar-refractivity contribution in [2.75, 3.05) is 0 Å². The Kier molecular flexibility index (Phi) is 5.53. The molecule has 1 aromatic carbocycles. The Morgan fingerprint density at radius 3 is 2.53 bits per heavy atom. The van der Waals surface area contributed by atoms with Gasteiger partial charge in [0.1, 0.15) is 17.1 Å². The maximum absolute atomic E-state index is 11.5. The normalized spacial score (nSPS) is 12.2. The molecule has 4 heterocycles. The van der Waals surface area contributed by atoms with E-state index in [-0.39, 0.29) is 11.8 Å². The Bertz CT molecular complexity index is 1460. The predicted molar refractivity (Wildman–Crippen MR) is 130 cm³/mol. The Hall–Kier alpha value is -4.13. The fraction of sp³-hybridized carbons (Fsp3) is 0.222. The van der Waals surface area contributed by atoms with Crippen molar-refractivity contribution < 1.29 is 9.32 Å². The van der Waals surface area contributed by atoms with Crippen LogP contribution in [0.5, 0.6) is 0 Å². The zero-order valence-corrected chi connectivity index (χ0v) is 19.6. The van der Waals surface area contributed by atoms with Gasteiger partial charge in [-0.2, -0.15) is 0 Å². The number of rotatable bonds is 6. The van der Waals surface area contributed by atoms with Gasteiger partial charge in [0, 0.05) is 24.4 Å². The molecular weight excluding hydrogens is 426 g/mol. The van der Waals surface area contributed by atoms with Crippen molar-refractivity contribution in [3.8, 4) is 22.4 Å². The lowest BCUT2D eigenvalue weighted by Crippen LogP contribution is -2.08. The van der Waals surface area contributed by atoms with E-state index in [1.54, 1.807) is 19.3 Å². The Morgan fingerprint density at radius 1 is 1.09 bits per heavy atom. The lowest BCUT2D eigenvalue weighted by Gasteiger charge is -2.14. The van der Waals surface area contributed by atoms with Gasteiger partial charge >= 0.3 is 0 Å². The molecule has 7 nitrogen and oxygen atoms in total. The number of hydrogen-bond donors (Lipinski definition) is 0. The fourth-order valence-electron chi connectivity index (χ4n) is 4.34. The molecule has 34 heavy (non-hydrogen) atoms. The van der Waals surface area contributed by atoms with Crippen LogP contribution in [0.4, 0.5) is 0 Å². The molecule has 0 spiro atoms. The molecule has 170 valence electrons. The van der Waals surface area contributed by atoms with E-state index in [1.807, 2.05) is 56.3 Å². The van der Waals surface area contributed by atoms with Gasteiger partial charge in [0.25, 0.3) is 0 Å². The number of benzene rings is 1. The van der Waals surface area contributed by atoms with Crippen molar-refractivity contribution in [1.82, 2.24) is 24.7 Å². The number of pyridine rings is 1. The van der Waals surface area contributed by atoms with Crippen molar-refractivity contribution in [1.29, 1.82) is 0 Å². The number of aryl methyl sites for hydroxylation is 2. The standard InChI is InChI=1S/C27H25N5O2/c1-16(33)13-20-8-10-21(11-9-20)22-15-32(18(3)23-7-5-6-12-28-23)27-26(22)29-14-24(30-27)25-17(2)31-34-19(25)4/h5-12,14-15,18H,13H2,1-4H3/t18-/m0/s1. The molecule has 0 fully saturated rings. The SMILES string of the molecule is CC(=O)Cc1ccc(-c2cn([C@@H](C)c3ccccn3)c3nc(-c4c(C)noc4C)cnc23)cc1. The molecule has 0 unspecified atom stereocenters. The topological polar surface area (TPSA) is 86.7 Å². The third-order valence-electron chi connectivity index (χ3n) is 6.06. The molecule has 0 radical (unpaired) electrons. The van der Waals surface area contributed by atoms with E-state index in [0.717, 1.165) is 50.5 Å². The number of aromatic nitrogens is 5. The third kappa shape index (κ3) is 3.90. The zero-order valence-electron chi connectivity index (χ0n) is 19.6. The van der Waals surface area contributed by atoms with Crippen LogP contribution in [-0.4, -0.2) is 30.5 Å². The van der Waals surface area contributed by atoms with Crippen LogP contribution in [0.25, 0.3) is 33.5 Å². The number of ketones is 1. The van der Waals surface area contributed by atoms with Crippen LogP contribution in [0.1, 0.15) is 42.6 Å². The van der Waals surface area contributed by atoms with Gasteiger partial charge in [0.2, 0.25) is 0 Å². The third-order valence-corrected chi connectivity index (χ3v) is 6.06. The van der Waals surface area contributed by atoms with Crippen LogP contribution in [0.2, 0.25) is 0 Å². The first kappa shape index (κ1) is 21.7. The minimum Gasteiger partial charge on any atom is -0.361 e. The van der Waals surface area contributed by atoms with Gasteiger partial charge in [0.05, 0.1) is 34.9 Å². The summed E-state index contributed by atoms with van der Waals surface area (Å²) in [6.07, 6.45) is 6.09. The second-order valence-electron chi connectivity index (χ2n) is 8.58. The molecule has 4 aromatic heterocycles. The summed E-state index contributed by atoms with van der Waals surface area (Å²) in [6.45, 7) is 7.49. The first-order valence-electron chi connectivity index (χ1n) is 11.2. The molecule has 0 aliphatic rings. The maximum Gasteiger partial charge on any atom is 0.160 e. The van der Waals surface area contributed by atoms with Crippen molar-refractivity contribution in [2.45, 2.75) is 40.2 Å². The Labute approximate surface area is 197 Å². The van der Waals surface area contributed by atoms with Crippen LogP contribution in [-0.2, 0) is 11.2 Å². The van der Waals surface area contributed by atoms with E-state index < -0.39 is 0 Å². The van der Waals surface area contributed by atoms with Crippen molar-refractivity contribution in [2.24, 2.45) is 0 Å². The van der Waals surface area contributed by atoms with Crippen LogP contribution < -0.4 is 0 Å². The average molecular weight is 452 g/mol. The van der Waals surface area contributed by atoms with Gasteiger partial charge < -0.3 is 9.09 Å². The quantitative estimate of drug-likeness (QED) is 0.338. The molecule has 0 aliphatic carbocycles. The highest BCUT2D eigenvalue weighted by atomic mass is 16.5. The molecule has 1 atom stereocenters. The molecule has 0 bridgehead atoms. The average Bonchev–Trinajstić information content (AvgIpc) is 3.38. The van der Waals surface area contributed by atoms with Crippen molar-refractivity contribution in [3.05, 3.63) is 83.8 Å². The van der Waals surface area contributed by atoms with Gasteiger partial charge in [-0.1, -0.05) is 35.5 Å². The highest BCUT2D eigenvalue weighted by Gasteiger charge is 2.21. The largest absolute Gasteiger partial charge is 0.361 e. The summed E-state index contributed by atoms with van der Waals surface area (Å²) in [5.74, 6) is 0.856. The monoisotopic (exact) mass is 451 g/mol. The molecule has 7 heteroatoms. The number of carbonyl (C=O) groups is 1. The van der Waals surface area contributed by atoms with Crippen molar-refractivity contribution in [3.63, 3.8) is 0 Å². The highest BCUT2D eigenvalue weighted by Crippen LogP contribution is 2.34. The molecule has 0 saturated heterocycles. The van der Waals surface area contributed by atoms with E-state index in [1.165, 1.54) is 0 Å². The van der Waals surface area contributed by atoms with E-state index in [4.69, 9.17) is 14.5 Å². The van der Waals surface area contributed by atoms with Crippen LogP contribution >= 0.6 is 0 Å². The number of nitrogens with zero attached hydrogens (tertiary/aromatic N) is 5. The summed E-state index contributed by atoms with van der Waals surface area (Å²) in [6, 6.07) is 13.9. The first-order chi connectivity index (χ1) is 16.4. The van der Waals surface area contributed by atoms with E-state index in [0.29, 0.717) is 12.2 Å². The summed E-state index contributed by atoms with van der Waals surface area (Å²) in [5.41, 5.74) is 7.86. The smallest absolute Gasteiger partial charge is 0.160 e. The van der Waals surface area contributed by atoms with Gasteiger partial charge in [0.15, 0.2) is 5.65 Å². The summed E-state index contributed by atoms with van der Waals surface area (Å²) in [5, 5.41) is 4.08. The zero-order chi connectivity index (χ0) is 23.8. The number of carbonyl (C=O) groups excluding carboxylic acids is 1. The predicted octanol–water partition coefficient (Wildman–Crippen LogP) is 5.51. The van der Waals surface area contributed by atoms with E-state index in [9.17, 15) is 4.79 Å². The van der Waals surface area contributed by atoms with Crippen LogP contribution in [0.3, 0.4) is 0 Å². The molecule has 0 amide bonds. The van der Waals surface area contributed by atoms with E-state index in [2.05, 4.69) is 27.8 Å². The molecular formula is C27H25N5O2. The second-order valence-corrected chi connectivity index (χ2v) is 8.58. The van der Waals surface area contributed by atoms with Gasteiger partial charge in [-0.25, -0.2) is 9.97 Å². The Morgan fingerprint density at radius 2 is 1.88 bits per heavy atom. The summed E-state index contributed by atoms with van der Waals surface area (Å²) in [7, 11) is 0. The number of hydrogen-bond acceptors (Lipinski definition) is 6. The minimum absolute atomic E-state index is 0.0522. The van der Waals surface area contributed by atoms with Gasteiger partial charge in [-0.15, -0.1) is 0 Å². The molecule has 0 N–H and O–H groups in total. The van der Waals surface area contributed by atoms with Crippen LogP contribution in [0, 0.1) is 13.8 Å². The molecule has 5 rings (SSSR count). The summed E-state index contributed by atoms with van der Waals surface area (Å²) >= 11 is 0. The second kappa shape index (κ2) is 8.67. The van der Waals surface area contributed by atoms with Gasteiger partial charge in [-0.3, -0.25) is 9.78 Å². The minimum atomic E-state index is -0.0522. The first-order valence-corrected chi connectivity index (χ1v) is 11.2. The highest BCUT2D eigenvalue weighted by molar-refractivity contribution is 5.92. The lowest BCUT2D eigenvalue weighted by molar-refractivity contribution is -0.116. The van der Waals surface area contributed by atoms with Gasteiger partial charge in [-0.05, 0) is 51.0 Å². The molecule has 5 aromatic rings. The lowest BCUT2D eigenvalue weighted by atomic mass is 10.0. The number of fused-ring (bicyclic) bond motifs is 1. The molecule has 0 aliphatic heterocycles. The fourth-order valence-corrected chi connectivity index (χ4v) is 4.34. The van der Waals surface area contributed by atoms with E-state index >= 15 is 0 Å². The summed E-state index contributed by atoms with van der Waals surface area (Å²) in [4.78, 5) is 25.9. The summed E-state index contributed by atoms with van der Waals surface area (Å²) < 4.78 is 7.48.